The van der Waals surface area contributed by atoms with Gasteiger partial charge in [0.05, 0.1) is 13.2 Å². The summed E-state index contributed by atoms with van der Waals surface area (Å²) in [6.07, 6.45) is 0.523. The monoisotopic (exact) mass is 305 g/mol. The minimum atomic E-state index is 0.116. The average Bonchev–Trinajstić information content (AvgIpc) is 2.54. The van der Waals surface area contributed by atoms with Crippen molar-refractivity contribution in [2.75, 3.05) is 45.9 Å². The third-order valence-corrected chi connectivity index (χ3v) is 3.96. The Morgan fingerprint density at radius 2 is 2.00 bits per heavy atom. The lowest BCUT2D eigenvalue weighted by atomic mass is 10.1. The van der Waals surface area contributed by atoms with Crippen LogP contribution in [0.4, 0.5) is 0 Å². The first-order chi connectivity index (χ1) is 10.8. The molecule has 1 saturated heterocycles. The molecule has 22 heavy (non-hydrogen) atoms. The maximum atomic E-state index is 11.8. The fraction of sp³-hybridized carbons (Fsp3) is 0.588. The van der Waals surface area contributed by atoms with Gasteiger partial charge in [0.15, 0.2) is 0 Å². The van der Waals surface area contributed by atoms with Crippen molar-refractivity contribution in [3.63, 3.8) is 0 Å². The normalized spacial score (nSPS) is 15.7. The number of rotatable bonds is 8. The summed E-state index contributed by atoms with van der Waals surface area (Å²) in [5, 5.41) is 6.30. The van der Waals surface area contributed by atoms with Crippen LogP contribution in [-0.2, 0) is 16.1 Å². The Bertz CT molecular complexity index is 459. The highest BCUT2D eigenvalue weighted by Crippen LogP contribution is 2.05. The van der Waals surface area contributed by atoms with Crippen LogP contribution >= 0.6 is 0 Å². The topological polar surface area (TPSA) is 53.6 Å². The predicted molar refractivity (Wildman–Crippen MR) is 87.8 cm³/mol. The van der Waals surface area contributed by atoms with E-state index in [2.05, 4.69) is 34.6 Å². The summed E-state index contributed by atoms with van der Waals surface area (Å²) in [6, 6.07) is 8.31. The maximum absolute atomic E-state index is 11.8. The van der Waals surface area contributed by atoms with Gasteiger partial charge in [-0.1, -0.05) is 24.3 Å². The molecule has 1 fully saturated rings. The second-order valence-corrected chi connectivity index (χ2v) is 5.66. The summed E-state index contributed by atoms with van der Waals surface area (Å²) < 4.78 is 5.30. The summed E-state index contributed by atoms with van der Waals surface area (Å²) >= 11 is 0. The molecule has 0 saturated carbocycles. The van der Waals surface area contributed by atoms with Crippen molar-refractivity contribution in [2.45, 2.75) is 19.9 Å². The van der Waals surface area contributed by atoms with E-state index in [1.54, 1.807) is 0 Å². The molecule has 5 heteroatoms. The molecule has 0 spiro atoms. The number of hydrogen-bond acceptors (Lipinski definition) is 4. The Morgan fingerprint density at radius 1 is 1.23 bits per heavy atom. The summed E-state index contributed by atoms with van der Waals surface area (Å²) in [7, 11) is 0. The number of carbonyl (C=O) groups is 1. The van der Waals surface area contributed by atoms with Crippen molar-refractivity contribution in [3.8, 4) is 0 Å². The molecule has 0 aliphatic carbocycles. The Kier molecular flexibility index (Phi) is 7.36. The molecule has 2 N–H and O–H groups in total. The van der Waals surface area contributed by atoms with E-state index in [-0.39, 0.29) is 5.91 Å². The number of hydrogen-bond donors (Lipinski definition) is 2. The SMILES string of the molecule is Cc1ccccc1CNCCC(=O)NCCN1CCOCC1. The molecule has 122 valence electrons. The highest BCUT2D eigenvalue weighted by Gasteiger charge is 2.09. The van der Waals surface area contributed by atoms with Crippen LogP contribution in [0.15, 0.2) is 24.3 Å². The van der Waals surface area contributed by atoms with Gasteiger partial charge >= 0.3 is 0 Å². The molecular formula is C17H27N3O2. The van der Waals surface area contributed by atoms with Gasteiger partial charge in [-0.15, -0.1) is 0 Å². The lowest BCUT2D eigenvalue weighted by molar-refractivity contribution is -0.121. The third kappa shape index (κ3) is 6.13. The van der Waals surface area contributed by atoms with Crippen LogP contribution in [0.2, 0.25) is 0 Å². The summed E-state index contributed by atoms with van der Waals surface area (Å²) in [5.41, 5.74) is 2.57. The van der Waals surface area contributed by atoms with E-state index in [0.717, 1.165) is 45.9 Å². The van der Waals surface area contributed by atoms with Gasteiger partial charge in [-0.05, 0) is 18.1 Å². The number of ether oxygens (including phenoxy) is 1. The lowest BCUT2D eigenvalue weighted by Crippen LogP contribution is -2.41. The van der Waals surface area contributed by atoms with Gasteiger partial charge in [0.25, 0.3) is 0 Å². The van der Waals surface area contributed by atoms with Crippen LogP contribution in [0.5, 0.6) is 0 Å². The van der Waals surface area contributed by atoms with E-state index < -0.39 is 0 Å². The van der Waals surface area contributed by atoms with Crippen molar-refractivity contribution in [3.05, 3.63) is 35.4 Å². The fourth-order valence-corrected chi connectivity index (χ4v) is 2.50. The first-order valence-electron chi connectivity index (χ1n) is 8.08. The van der Waals surface area contributed by atoms with Crippen molar-refractivity contribution in [2.24, 2.45) is 0 Å². The van der Waals surface area contributed by atoms with Crippen LogP contribution in [0.1, 0.15) is 17.5 Å². The first kappa shape index (κ1) is 16.9. The zero-order valence-electron chi connectivity index (χ0n) is 13.4. The van der Waals surface area contributed by atoms with Crippen LogP contribution in [0, 0.1) is 6.92 Å². The van der Waals surface area contributed by atoms with Gasteiger partial charge in [0.2, 0.25) is 5.91 Å². The van der Waals surface area contributed by atoms with E-state index in [0.29, 0.717) is 13.0 Å². The molecule has 1 aromatic carbocycles. The minimum absolute atomic E-state index is 0.116. The third-order valence-electron chi connectivity index (χ3n) is 3.96. The molecule has 5 nitrogen and oxygen atoms in total. The molecule has 2 rings (SSSR count). The number of nitrogens with one attached hydrogen (secondary N) is 2. The molecule has 1 amide bonds. The van der Waals surface area contributed by atoms with Gasteiger partial charge in [0.1, 0.15) is 0 Å². The molecule has 0 unspecified atom stereocenters. The minimum Gasteiger partial charge on any atom is -0.379 e. The largest absolute Gasteiger partial charge is 0.379 e. The lowest BCUT2D eigenvalue weighted by Gasteiger charge is -2.26. The standard InChI is InChI=1S/C17H27N3O2/c1-15-4-2-3-5-16(15)14-18-7-6-17(21)19-8-9-20-10-12-22-13-11-20/h2-5,18H,6-14H2,1H3,(H,19,21). The predicted octanol–water partition coefficient (Wildman–Crippen LogP) is 0.923. The number of nitrogens with zero attached hydrogens (tertiary/aromatic N) is 1. The summed E-state index contributed by atoms with van der Waals surface area (Å²) in [5.74, 6) is 0.116. The number of amides is 1. The molecule has 1 aliphatic rings. The molecular weight excluding hydrogens is 278 g/mol. The number of carbonyl (C=O) groups excluding carboxylic acids is 1. The van der Waals surface area contributed by atoms with E-state index in [1.165, 1.54) is 11.1 Å². The van der Waals surface area contributed by atoms with E-state index in [4.69, 9.17) is 4.74 Å². The van der Waals surface area contributed by atoms with E-state index in [1.807, 2.05) is 12.1 Å². The molecule has 1 aromatic rings. The molecule has 0 aromatic heterocycles. The quantitative estimate of drug-likeness (QED) is 0.702. The van der Waals surface area contributed by atoms with E-state index >= 15 is 0 Å². The van der Waals surface area contributed by atoms with Crippen molar-refractivity contribution >= 4 is 5.91 Å². The number of aryl methyl sites for hydroxylation is 1. The van der Waals surface area contributed by atoms with Gasteiger partial charge in [0, 0.05) is 45.7 Å². The Balaban J connectivity index is 1.51. The van der Waals surface area contributed by atoms with Crippen molar-refractivity contribution < 1.29 is 9.53 Å². The van der Waals surface area contributed by atoms with E-state index in [9.17, 15) is 4.79 Å². The van der Waals surface area contributed by atoms with Gasteiger partial charge in [-0.3, -0.25) is 9.69 Å². The van der Waals surface area contributed by atoms with Crippen molar-refractivity contribution in [1.29, 1.82) is 0 Å². The van der Waals surface area contributed by atoms with Gasteiger partial charge < -0.3 is 15.4 Å². The zero-order chi connectivity index (χ0) is 15.6. The molecule has 0 atom stereocenters. The Labute approximate surface area is 133 Å². The summed E-state index contributed by atoms with van der Waals surface area (Å²) in [4.78, 5) is 14.1. The Hall–Kier alpha value is -1.43. The smallest absolute Gasteiger partial charge is 0.221 e. The molecule has 1 aliphatic heterocycles. The highest BCUT2D eigenvalue weighted by molar-refractivity contribution is 5.76. The average molecular weight is 305 g/mol. The number of morpholine rings is 1. The van der Waals surface area contributed by atoms with Gasteiger partial charge in [-0.2, -0.15) is 0 Å². The van der Waals surface area contributed by atoms with Gasteiger partial charge in [-0.25, -0.2) is 0 Å². The highest BCUT2D eigenvalue weighted by atomic mass is 16.5. The summed E-state index contributed by atoms with van der Waals surface area (Å²) in [6.45, 7) is 8.79. The van der Waals surface area contributed by atoms with Crippen molar-refractivity contribution in [1.82, 2.24) is 15.5 Å². The molecule has 0 bridgehead atoms. The van der Waals surface area contributed by atoms with Crippen LogP contribution in [0.25, 0.3) is 0 Å². The Morgan fingerprint density at radius 3 is 2.77 bits per heavy atom. The van der Waals surface area contributed by atoms with Crippen LogP contribution in [0.3, 0.4) is 0 Å². The van der Waals surface area contributed by atoms with Crippen LogP contribution in [-0.4, -0.2) is 56.7 Å². The maximum Gasteiger partial charge on any atom is 0.221 e. The zero-order valence-corrected chi connectivity index (χ0v) is 13.4. The first-order valence-corrected chi connectivity index (χ1v) is 8.08. The number of benzene rings is 1. The molecule has 0 radical (unpaired) electrons. The second-order valence-electron chi connectivity index (χ2n) is 5.66. The fourth-order valence-electron chi connectivity index (χ4n) is 2.50. The second kappa shape index (κ2) is 9.56. The molecule has 1 heterocycles. The van der Waals surface area contributed by atoms with Crippen LogP contribution < -0.4 is 10.6 Å².